The Labute approximate surface area is 138 Å². The van der Waals surface area contributed by atoms with Crippen LogP contribution in [0.3, 0.4) is 0 Å². The number of Topliss-reactive ketones (excluding diaryl/α,β-unsaturated/α-hetero) is 1. The predicted octanol–water partition coefficient (Wildman–Crippen LogP) is 1.48. The number of hydrogen-bond donors (Lipinski definition) is 3. The fourth-order valence-electron chi connectivity index (χ4n) is 2.81. The molecule has 0 radical (unpaired) electrons. The van der Waals surface area contributed by atoms with Crippen LogP contribution >= 0.6 is 11.3 Å². The third-order valence-electron chi connectivity index (χ3n) is 4.09. The Morgan fingerprint density at radius 2 is 2.39 bits per heavy atom. The quantitative estimate of drug-likeness (QED) is 0.732. The van der Waals surface area contributed by atoms with Crippen LogP contribution < -0.4 is 16.1 Å². The third-order valence-corrected chi connectivity index (χ3v) is 4.78. The molecule has 6 nitrogen and oxygen atoms in total. The lowest BCUT2D eigenvalue weighted by Crippen LogP contribution is -2.36. The zero-order valence-electron chi connectivity index (χ0n) is 12.7. The maximum atomic E-state index is 12.4. The van der Waals surface area contributed by atoms with Gasteiger partial charge in [0.1, 0.15) is 11.8 Å². The van der Waals surface area contributed by atoms with Gasteiger partial charge in [0.05, 0.1) is 5.69 Å². The van der Waals surface area contributed by atoms with Gasteiger partial charge in [-0.3, -0.25) is 4.79 Å². The molecule has 1 aromatic carbocycles. The highest BCUT2D eigenvalue weighted by Crippen LogP contribution is 2.36. The molecule has 1 aromatic heterocycles. The SMILES string of the molecule is Cc1cccc2c1OB(O)[C@@H](CC(=O)[C@@H](N)c1csc(N)n1)C2. The number of fused-ring (bicyclic) bond motifs is 1. The summed E-state index contributed by atoms with van der Waals surface area (Å²) >= 11 is 1.25. The van der Waals surface area contributed by atoms with Gasteiger partial charge < -0.3 is 21.1 Å². The van der Waals surface area contributed by atoms with Gasteiger partial charge in [-0.15, -0.1) is 11.3 Å². The predicted molar refractivity (Wildman–Crippen MR) is 90.3 cm³/mol. The van der Waals surface area contributed by atoms with Crippen molar-refractivity contribution in [3.8, 4) is 5.75 Å². The lowest BCUT2D eigenvalue weighted by atomic mass is 9.64. The first-order valence-electron chi connectivity index (χ1n) is 7.38. The molecule has 8 heteroatoms. The number of para-hydroxylation sites is 1. The summed E-state index contributed by atoms with van der Waals surface area (Å²) in [6.45, 7) is 1.93. The number of nitrogens with zero attached hydrogens (tertiary/aromatic N) is 1. The van der Waals surface area contributed by atoms with Crippen molar-refractivity contribution in [2.45, 2.75) is 31.6 Å². The van der Waals surface area contributed by atoms with Gasteiger partial charge in [-0.2, -0.15) is 0 Å². The van der Waals surface area contributed by atoms with Crippen LogP contribution in [0.5, 0.6) is 5.75 Å². The molecule has 5 N–H and O–H groups in total. The van der Waals surface area contributed by atoms with Crippen molar-refractivity contribution in [1.29, 1.82) is 0 Å². The molecule has 1 aliphatic rings. The minimum atomic E-state index is -1.01. The van der Waals surface area contributed by atoms with E-state index in [2.05, 4.69) is 4.98 Å². The van der Waals surface area contributed by atoms with Crippen LogP contribution in [-0.4, -0.2) is 22.9 Å². The Morgan fingerprint density at radius 1 is 1.61 bits per heavy atom. The Bertz CT molecular complexity index is 737. The number of benzene rings is 1. The Hall–Kier alpha value is -1.90. The first-order valence-corrected chi connectivity index (χ1v) is 8.26. The van der Waals surface area contributed by atoms with Gasteiger partial charge in [-0.05, 0) is 24.5 Å². The van der Waals surface area contributed by atoms with Gasteiger partial charge in [-0.25, -0.2) is 4.98 Å². The monoisotopic (exact) mass is 331 g/mol. The molecule has 0 spiro atoms. The average Bonchev–Trinajstić information content (AvgIpc) is 2.95. The lowest BCUT2D eigenvalue weighted by Gasteiger charge is -2.28. The van der Waals surface area contributed by atoms with Gasteiger partial charge in [0.15, 0.2) is 10.9 Å². The van der Waals surface area contributed by atoms with E-state index in [4.69, 9.17) is 16.1 Å². The number of hydrogen-bond acceptors (Lipinski definition) is 7. The van der Waals surface area contributed by atoms with E-state index in [1.807, 2.05) is 25.1 Å². The molecule has 0 fully saturated rings. The minimum Gasteiger partial charge on any atom is -0.536 e. The Morgan fingerprint density at radius 3 is 3.09 bits per heavy atom. The maximum Gasteiger partial charge on any atom is 0.526 e. The topological polar surface area (TPSA) is 111 Å². The van der Waals surface area contributed by atoms with E-state index in [9.17, 15) is 9.82 Å². The second-order valence-corrected chi connectivity index (χ2v) is 6.68. The summed E-state index contributed by atoms with van der Waals surface area (Å²) in [6, 6.07) is 5.00. The van der Waals surface area contributed by atoms with E-state index >= 15 is 0 Å². The summed E-state index contributed by atoms with van der Waals surface area (Å²) in [7, 11) is -1.01. The van der Waals surface area contributed by atoms with Gasteiger partial charge in [-0.1, -0.05) is 18.2 Å². The second kappa shape index (κ2) is 6.31. The Kier molecular flexibility index (Phi) is 4.38. The molecule has 0 unspecified atom stereocenters. The number of nitrogen functional groups attached to an aromatic ring is 1. The van der Waals surface area contributed by atoms with Crippen molar-refractivity contribution < 1.29 is 14.5 Å². The zero-order valence-corrected chi connectivity index (χ0v) is 13.5. The van der Waals surface area contributed by atoms with E-state index in [1.165, 1.54) is 11.3 Å². The van der Waals surface area contributed by atoms with Crippen molar-refractivity contribution in [1.82, 2.24) is 4.98 Å². The molecule has 0 aliphatic carbocycles. The molecule has 1 aliphatic heterocycles. The van der Waals surface area contributed by atoms with Crippen LogP contribution in [-0.2, 0) is 11.2 Å². The average molecular weight is 331 g/mol. The molecule has 2 heterocycles. The highest BCUT2D eigenvalue weighted by molar-refractivity contribution is 7.13. The van der Waals surface area contributed by atoms with E-state index < -0.39 is 13.2 Å². The van der Waals surface area contributed by atoms with Crippen LogP contribution in [0.25, 0.3) is 0 Å². The van der Waals surface area contributed by atoms with Crippen LogP contribution in [0.15, 0.2) is 23.6 Å². The van der Waals surface area contributed by atoms with Crippen molar-refractivity contribution in [3.63, 3.8) is 0 Å². The first kappa shape index (κ1) is 16.0. The van der Waals surface area contributed by atoms with Gasteiger partial charge >= 0.3 is 7.12 Å². The summed E-state index contributed by atoms with van der Waals surface area (Å²) in [5, 5.41) is 12.3. The highest BCUT2D eigenvalue weighted by Gasteiger charge is 2.37. The number of carbonyl (C=O) groups is 1. The highest BCUT2D eigenvalue weighted by atomic mass is 32.1. The molecule has 0 bridgehead atoms. The fourth-order valence-corrected chi connectivity index (χ4v) is 3.41. The normalized spacial score (nSPS) is 18.2. The van der Waals surface area contributed by atoms with Crippen molar-refractivity contribution in [2.24, 2.45) is 5.73 Å². The summed E-state index contributed by atoms with van der Waals surface area (Å²) in [6.07, 6.45) is 0.711. The van der Waals surface area contributed by atoms with Gasteiger partial charge in [0.2, 0.25) is 0 Å². The second-order valence-electron chi connectivity index (χ2n) is 5.79. The van der Waals surface area contributed by atoms with Crippen LogP contribution in [0.1, 0.15) is 29.3 Å². The number of rotatable bonds is 4. The summed E-state index contributed by atoms with van der Waals surface area (Å²) in [4.78, 5) is 16.4. The van der Waals surface area contributed by atoms with Crippen molar-refractivity contribution >= 4 is 29.4 Å². The maximum absolute atomic E-state index is 12.4. The number of thiazole rings is 1. The number of ketones is 1. The standard InChI is InChI=1S/C15H18BN3O3S/c1-8-3-2-4-9-5-10(16(21)22-14(8)9)6-12(20)13(17)11-7-23-15(18)19-11/h2-4,7,10,13,21H,5-6,17H2,1H3,(H2,18,19)/t10-,13+/m1/s1. The molecule has 23 heavy (non-hydrogen) atoms. The van der Waals surface area contributed by atoms with Gasteiger partial charge in [0.25, 0.3) is 0 Å². The summed E-state index contributed by atoms with van der Waals surface area (Å²) in [5.41, 5.74) is 14.0. The fraction of sp³-hybridized carbons (Fsp3) is 0.333. The number of carbonyl (C=O) groups excluding carboxylic acids is 1. The first-order chi connectivity index (χ1) is 11.0. The van der Waals surface area contributed by atoms with Crippen LogP contribution in [0.4, 0.5) is 5.13 Å². The third kappa shape index (κ3) is 3.24. The molecular formula is C15H18BN3O3S. The van der Waals surface area contributed by atoms with E-state index in [0.717, 1.165) is 11.1 Å². The molecule has 2 atom stereocenters. The Balaban J connectivity index is 1.72. The molecule has 0 saturated carbocycles. The van der Waals surface area contributed by atoms with E-state index in [0.29, 0.717) is 23.0 Å². The molecule has 2 aromatic rings. The zero-order chi connectivity index (χ0) is 16.6. The molecule has 0 amide bonds. The van der Waals surface area contributed by atoms with Gasteiger partial charge in [0, 0.05) is 17.6 Å². The summed E-state index contributed by atoms with van der Waals surface area (Å²) < 4.78 is 5.59. The van der Waals surface area contributed by atoms with Crippen LogP contribution in [0.2, 0.25) is 5.82 Å². The minimum absolute atomic E-state index is 0.132. The van der Waals surface area contributed by atoms with Crippen molar-refractivity contribution in [3.05, 3.63) is 40.4 Å². The molecular weight excluding hydrogens is 313 g/mol. The number of aromatic nitrogens is 1. The van der Waals surface area contributed by atoms with Crippen molar-refractivity contribution in [2.75, 3.05) is 5.73 Å². The number of aryl methyl sites for hydroxylation is 1. The molecule has 120 valence electrons. The molecule has 3 rings (SSSR count). The number of nitrogens with two attached hydrogens (primary N) is 2. The largest absolute Gasteiger partial charge is 0.536 e. The molecule has 0 saturated heterocycles. The van der Waals surface area contributed by atoms with E-state index in [1.54, 1.807) is 5.38 Å². The number of anilines is 1. The lowest BCUT2D eigenvalue weighted by molar-refractivity contribution is -0.120. The summed E-state index contributed by atoms with van der Waals surface area (Å²) in [5.74, 6) is 0.207. The smallest absolute Gasteiger partial charge is 0.526 e. The van der Waals surface area contributed by atoms with E-state index in [-0.39, 0.29) is 18.0 Å². The van der Waals surface area contributed by atoms with Crippen LogP contribution in [0, 0.1) is 6.92 Å².